The maximum absolute atomic E-state index is 11.4. The molecule has 1 aliphatic heterocycles. The quantitative estimate of drug-likeness (QED) is 0.702. The number of rotatable bonds is 1. The molecule has 0 aliphatic carbocycles. The first-order chi connectivity index (χ1) is 7.13. The number of benzene rings is 1. The van der Waals surface area contributed by atoms with Crippen molar-refractivity contribution in [2.45, 2.75) is 13.3 Å². The zero-order valence-electron chi connectivity index (χ0n) is 8.91. The molecule has 0 saturated heterocycles. The lowest BCUT2D eigenvalue weighted by atomic mass is 10.1. The summed E-state index contributed by atoms with van der Waals surface area (Å²) < 4.78 is 5.24. The average molecular weight is 206 g/mol. The summed E-state index contributed by atoms with van der Waals surface area (Å²) in [6.07, 6.45) is 0.844. The second kappa shape index (κ2) is 3.46. The molecule has 2 N–H and O–H groups in total. The van der Waals surface area contributed by atoms with Gasteiger partial charge in [0.2, 0.25) is 5.91 Å². The van der Waals surface area contributed by atoms with Crippen LogP contribution in [0.1, 0.15) is 12.5 Å². The Bertz CT molecular complexity index is 415. The highest BCUT2D eigenvalue weighted by Crippen LogP contribution is 2.38. The molecule has 1 aromatic carbocycles. The predicted octanol–water partition coefficient (Wildman–Crippen LogP) is 1.19. The molecular weight excluding hydrogens is 192 g/mol. The van der Waals surface area contributed by atoms with E-state index in [9.17, 15) is 4.79 Å². The molecule has 0 bridgehead atoms. The van der Waals surface area contributed by atoms with Crippen LogP contribution in [-0.2, 0) is 11.2 Å². The van der Waals surface area contributed by atoms with Crippen LogP contribution >= 0.6 is 0 Å². The van der Waals surface area contributed by atoms with Gasteiger partial charge in [0.1, 0.15) is 5.75 Å². The first kappa shape index (κ1) is 9.83. The van der Waals surface area contributed by atoms with Crippen molar-refractivity contribution < 1.29 is 9.53 Å². The number of ether oxygens (including phenoxy) is 1. The molecule has 4 heteroatoms. The Balaban J connectivity index is 2.55. The predicted molar refractivity (Wildman–Crippen MR) is 59.1 cm³/mol. The number of nitrogens with zero attached hydrogens (tertiary/aromatic N) is 1. The minimum absolute atomic E-state index is 0.0387. The van der Waals surface area contributed by atoms with E-state index in [1.54, 1.807) is 25.0 Å². The van der Waals surface area contributed by atoms with Crippen LogP contribution in [0.5, 0.6) is 5.75 Å². The molecule has 15 heavy (non-hydrogen) atoms. The number of methoxy groups -OCH3 is 1. The molecule has 1 aromatic rings. The molecule has 0 aromatic heterocycles. The van der Waals surface area contributed by atoms with Gasteiger partial charge in [-0.3, -0.25) is 4.79 Å². The van der Waals surface area contributed by atoms with E-state index in [1.807, 2.05) is 6.07 Å². The van der Waals surface area contributed by atoms with Gasteiger partial charge in [-0.15, -0.1) is 0 Å². The molecule has 0 radical (unpaired) electrons. The van der Waals surface area contributed by atoms with Gasteiger partial charge in [0, 0.05) is 25.2 Å². The van der Waals surface area contributed by atoms with E-state index in [2.05, 4.69) is 0 Å². The molecule has 0 atom stereocenters. The maximum atomic E-state index is 11.4. The third-order valence-electron chi connectivity index (χ3n) is 2.65. The normalized spacial score (nSPS) is 13.9. The van der Waals surface area contributed by atoms with Crippen LogP contribution in [0.15, 0.2) is 12.1 Å². The Morgan fingerprint density at radius 3 is 2.87 bits per heavy atom. The Kier molecular flexibility index (Phi) is 2.26. The minimum atomic E-state index is 0.0387. The summed E-state index contributed by atoms with van der Waals surface area (Å²) in [6.45, 7) is 2.27. The van der Waals surface area contributed by atoms with Crippen LogP contribution in [0.2, 0.25) is 0 Å². The van der Waals surface area contributed by atoms with E-state index >= 15 is 0 Å². The van der Waals surface area contributed by atoms with Crippen molar-refractivity contribution in [1.82, 2.24) is 0 Å². The molecule has 80 valence electrons. The highest BCUT2D eigenvalue weighted by molar-refractivity contribution is 5.96. The van der Waals surface area contributed by atoms with Crippen molar-refractivity contribution in [2.24, 2.45) is 0 Å². The van der Waals surface area contributed by atoms with Crippen LogP contribution in [0.4, 0.5) is 11.4 Å². The number of nitrogen functional groups attached to an aromatic ring is 1. The van der Waals surface area contributed by atoms with Crippen LogP contribution in [0.3, 0.4) is 0 Å². The average Bonchev–Trinajstić information content (AvgIpc) is 2.59. The van der Waals surface area contributed by atoms with Crippen LogP contribution in [0.25, 0.3) is 0 Å². The van der Waals surface area contributed by atoms with Gasteiger partial charge in [0.25, 0.3) is 0 Å². The molecule has 4 nitrogen and oxygen atoms in total. The summed E-state index contributed by atoms with van der Waals surface area (Å²) in [4.78, 5) is 13.1. The topological polar surface area (TPSA) is 55.6 Å². The Hall–Kier alpha value is -1.71. The zero-order chi connectivity index (χ0) is 11.0. The van der Waals surface area contributed by atoms with Gasteiger partial charge >= 0.3 is 0 Å². The van der Waals surface area contributed by atoms with Crippen molar-refractivity contribution in [3.8, 4) is 5.75 Å². The summed E-state index contributed by atoms with van der Waals surface area (Å²) in [5.41, 5.74) is 8.38. The number of carbonyl (C=O) groups excluding carboxylic acids is 1. The van der Waals surface area contributed by atoms with Gasteiger partial charge in [-0.25, -0.2) is 0 Å². The van der Waals surface area contributed by atoms with Gasteiger partial charge in [0.15, 0.2) is 0 Å². The van der Waals surface area contributed by atoms with Crippen molar-refractivity contribution in [2.75, 3.05) is 24.3 Å². The van der Waals surface area contributed by atoms with E-state index in [0.717, 1.165) is 17.7 Å². The summed E-state index contributed by atoms with van der Waals surface area (Å²) in [5.74, 6) is 0.717. The number of anilines is 2. The monoisotopic (exact) mass is 206 g/mol. The van der Waals surface area contributed by atoms with Crippen molar-refractivity contribution in [1.29, 1.82) is 0 Å². The number of nitrogens with two attached hydrogens (primary N) is 1. The highest BCUT2D eigenvalue weighted by Gasteiger charge is 2.26. The van der Waals surface area contributed by atoms with Crippen LogP contribution in [0, 0.1) is 0 Å². The fourth-order valence-corrected chi connectivity index (χ4v) is 2.00. The SMILES string of the molecule is COc1cc(N)cc2c1N(C(C)=O)CC2. The summed E-state index contributed by atoms with van der Waals surface area (Å²) in [7, 11) is 1.59. The van der Waals surface area contributed by atoms with Crippen LogP contribution < -0.4 is 15.4 Å². The number of fused-ring (bicyclic) bond motifs is 1. The largest absolute Gasteiger partial charge is 0.494 e. The van der Waals surface area contributed by atoms with E-state index < -0.39 is 0 Å². The smallest absolute Gasteiger partial charge is 0.223 e. The Morgan fingerprint density at radius 1 is 1.53 bits per heavy atom. The van der Waals surface area contributed by atoms with E-state index in [4.69, 9.17) is 10.5 Å². The van der Waals surface area contributed by atoms with Crippen LogP contribution in [-0.4, -0.2) is 19.6 Å². The first-order valence-electron chi connectivity index (χ1n) is 4.88. The standard InChI is InChI=1S/C11H14N2O2/c1-7(14)13-4-3-8-5-9(12)6-10(15-2)11(8)13/h5-6H,3-4,12H2,1-2H3. The third kappa shape index (κ3) is 1.52. The molecule has 1 amide bonds. The second-order valence-electron chi connectivity index (χ2n) is 3.65. The van der Waals surface area contributed by atoms with Gasteiger partial charge in [-0.05, 0) is 18.1 Å². The molecule has 0 fully saturated rings. The number of hydrogen-bond acceptors (Lipinski definition) is 3. The Morgan fingerprint density at radius 2 is 2.27 bits per heavy atom. The van der Waals surface area contributed by atoms with E-state index in [1.165, 1.54) is 0 Å². The highest BCUT2D eigenvalue weighted by atomic mass is 16.5. The van der Waals surface area contributed by atoms with E-state index in [0.29, 0.717) is 18.0 Å². The zero-order valence-corrected chi connectivity index (χ0v) is 8.91. The lowest BCUT2D eigenvalue weighted by molar-refractivity contribution is -0.116. The second-order valence-corrected chi connectivity index (χ2v) is 3.65. The fraction of sp³-hybridized carbons (Fsp3) is 0.364. The number of amides is 1. The van der Waals surface area contributed by atoms with Gasteiger partial charge < -0.3 is 15.4 Å². The van der Waals surface area contributed by atoms with Gasteiger partial charge in [0.05, 0.1) is 12.8 Å². The Labute approximate surface area is 88.6 Å². The van der Waals surface area contributed by atoms with Crippen molar-refractivity contribution >= 4 is 17.3 Å². The van der Waals surface area contributed by atoms with Gasteiger partial charge in [-0.1, -0.05) is 0 Å². The number of carbonyl (C=O) groups is 1. The molecule has 0 saturated carbocycles. The third-order valence-corrected chi connectivity index (χ3v) is 2.65. The lowest BCUT2D eigenvalue weighted by Gasteiger charge is -2.18. The molecule has 0 unspecified atom stereocenters. The number of hydrogen-bond donors (Lipinski definition) is 1. The van der Waals surface area contributed by atoms with E-state index in [-0.39, 0.29) is 5.91 Å². The summed E-state index contributed by atoms with van der Waals surface area (Å²) in [6, 6.07) is 3.65. The van der Waals surface area contributed by atoms with Crippen molar-refractivity contribution in [3.05, 3.63) is 17.7 Å². The minimum Gasteiger partial charge on any atom is -0.494 e. The fourth-order valence-electron chi connectivity index (χ4n) is 2.00. The van der Waals surface area contributed by atoms with Crippen molar-refractivity contribution in [3.63, 3.8) is 0 Å². The molecule has 0 spiro atoms. The lowest BCUT2D eigenvalue weighted by Crippen LogP contribution is -2.26. The first-order valence-corrected chi connectivity index (χ1v) is 4.88. The maximum Gasteiger partial charge on any atom is 0.223 e. The molecule has 1 aliphatic rings. The van der Waals surface area contributed by atoms with Gasteiger partial charge in [-0.2, -0.15) is 0 Å². The summed E-state index contributed by atoms with van der Waals surface area (Å²) >= 11 is 0. The molecule has 1 heterocycles. The molecular formula is C11H14N2O2. The molecule has 2 rings (SSSR count). The summed E-state index contributed by atoms with van der Waals surface area (Å²) in [5, 5.41) is 0.